The molecule has 1 aliphatic heterocycles. The summed E-state index contributed by atoms with van der Waals surface area (Å²) in [6, 6.07) is -0.705. The van der Waals surface area contributed by atoms with Gasteiger partial charge < -0.3 is 10.6 Å². The molecule has 0 aromatic carbocycles. The highest BCUT2D eigenvalue weighted by Gasteiger charge is 2.35. The molecule has 1 saturated heterocycles. The molecule has 2 N–H and O–H groups in total. The van der Waals surface area contributed by atoms with Crippen LogP contribution in [0.15, 0.2) is 0 Å². The van der Waals surface area contributed by atoms with E-state index in [0.717, 1.165) is 12.2 Å². The first-order valence-corrected chi connectivity index (χ1v) is 7.09. The van der Waals surface area contributed by atoms with E-state index in [-0.39, 0.29) is 29.8 Å². The molecule has 0 radical (unpaired) electrons. The molecule has 1 fully saturated rings. The molecule has 5 heteroatoms. The normalized spacial score (nSPS) is 27.2. The summed E-state index contributed by atoms with van der Waals surface area (Å²) >= 11 is 1.68. The first kappa shape index (κ1) is 13.4. The molecule has 0 unspecified atom stereocenters. The second kappa shape index (κ2) is 6.13. The largest absolute Gasteiger partial charge is 0.342 e. The van der Waals surface area contributed by atoms with E-state index in [1.165, 1.54) is 0 Å². The average molecular weight is 244 g/mol. The van der Waals surface area contributed by atoms with E-state index in [1.54, 1.807) is 11.8 Å². The Morgan fingerprint density at radius 3 is 2.56 bits per heavy atom. The predicted octanol–water partition coefficient (Wildman–Crippen LogP) is 0.769. The van der Waals surface area contributed by atoms with Gasteiger partial charge in [-0.25, -0.2) is 0 Å². The Balaban J connectivity index is 2.56. The van der Waals surface area contributed by atoms with Crippen LogP contribution >= 0.6 is 11.8 Å². The first-order valence-electron chi connectivity index (χ1n) is 5.69. The lowest BCUT2D eigenvalue weighted by atomic mass is 9.95. The zero-order valence-corrected chi connectivity index (χ0v) is 10.9. The molecule has 3 atom stereocenters. The van der Waals surface area contributed by atoms with E-state index >= 15 is 0 Å². The standard InChI is InChI=1S/C11H20N2O2S/c1-4-7(2)9-11(15)12-8(5-6-16-3)10(14)13-9/h7-9H,4-6H2,1-3H3,(H,12,15)(H,13,14)/t7-,8-,9-/m0/s1. The molecule has 1 heterocycles. The van der Waals surface area contributed by atoms with Crippen molar-refractivity contribution in [2.45, 2.75) is 38.8 Å². The lowest BCUT2D eigenvalue weighted by Gasteiger charge is -2.32. The van der Waals surface area contributed by atoms with E-state index in [1.807, 2.05) is 20.1 Å². The number of carbonyl (C=O) groups excluding carboxylic acids is 2. The van der Waals surface area contributed by atoms with Crippen molar-refractivity contribution >= 4 is 23.6 Å². The Morgan fingerprint density at radius 1 is 1.31 bits per heavy atom. The smallest absolute Gasteiger partial charge is 0.243 e. The van der Waals surface area contributed by atoms with Gasteiger partial charge in [0.15, 0.2) is 0 Å². The molecule has 1 aliphatic rings. The minimum Gasteiger partial charge on any atom is -0.342 e. The maximum atomic E-state index is 11.8. The second-order valence-electron chi connectivity index (χ2n) is 4.21. The first-order chi connectivity index (χ1) is 7.60. The summed E-state index contributed by atoms with van der Waals surface area (Å²) < 4.78 is 0. The van der Waals surface area contributed by atoms with E-state index in [2.05, 4.69) is 10.6 Å². The van der Waals surface area contributed by atoms with Crippen LogP contribution in [0.25, 0.3) is 0 Å². The molecule has 0 spiro atoms. The molecule has 0 bridgehead atoms. The van der Waals surface area contributed by atoms with Crippen molar-refractivity contribution in [2.24, 2.45) is 5.92 Å². The summed E-state index contributed by atoms with van der Waals surface area (Å²) in [5.41, 5.74) is 0. The van der Waals surface area contributed by atoms with Crippen LogP contribution in [0.1, 0.15) is 26.7 Å². The van der Waals surface area contributed by atoms with Crippen LogP contribution in [0.2, 0.25) is 0 Å². The van der Waals surface area contributed by atoms with Crippen LogP contribution in [0.5, 0.6) is 0 Å². The Labute approximate surface area is 101 Å². The van der Waals surface area contributed by atoms with Gasteiger partial charge in [-0.05, 0) is 24.3 Å². The topological polar surface area (TPSA) is 58.2 Å². The summed E-state index contributed by atoms with van der Waals surface area (Å²) in [6.07, 6.45) is 3.57. The van der Waals surface area contributed by atoms with Crippen molar-refractivity contribution in [2.75, 3.05) is 12.0 Å². The van der Waals surface area contributed by atoms with Crippen LogP contribution in [0, 0.1) is 5.92 Å². The number of piperazine rings is 1. The summed E-state index contributed by atoms with van der Waals surface area (Å²) in [5, 5.41) is 5.62. The third-order valence-corrected chi connectivity index (χ3v) is 3.68. The van der Waals surface area contributed by atoms with Gasteiger partial charge in [0, 0.05) is 0 Å². The van der Waals surface area contributed by atoms with Crippen LogP contribution < -0.4 is 10.6 Å². The van der Waals surface area contributed by atoms with E-state index < -0.39 is 0 Å². The van der Waals surface area contributed by atoms with Gasteiger partial charge in [0.05, 0.1) is 0 Å². The molecule has 0 aromatic heterocycles. The van der Waals surface area contributed by atoms with Crippen molar-refractivity contribution in [3.8, 4) is 0 Å². The zero-order chi connectivity index (χ0) is 12.1. The van der Waals surface area contributed by atoms with Crippen LogP contribution in [-0.2, 0) is 9.59 Å². The number of rotatable bonds is 5. The van der Waals surface area contributed by atoms with Gasteiger partial charge in [0.2, 0.25) is 11.8 Å². The molecule has 0 aliphatic carbocycles. The number of hydrogen-bond donors (Lipinski definition) is 2. The van der Waals surface area contributed by atoms with Crippen molar-refractivity contribution < 1.29 is 9.59 Å². The zero-order valence-electron chi connectivity index (χ0n) is 10.1. The van der Waals surface area contributed by atoms with Crippen LogP contribution in [0.3, 0.4) is 0 Å². The highest BCUT2D eigenvalue weighted by molar-refractivity contribution is 7.98. The summed E-state index contributed by atoms with van der Waals surface area (Å²) in [5.74, 6) is 0.983. The lowest BCUT2D eigenvalue weighted by molar-refractivity contribution is -0.138. The molecule has 0 saturated carbocycles. The highest BCUT2D eigenvalue weighted by Crippen LogP contribution is 2.13. The second-order valence-corrected chi connectivity index (χ2v) is 5.20. The fourth-order valence-electron chi connectivity index (χ4n) is 1.72. The Hall–Kier alpha value is -0.710. The van der Waals surface area contributed by atoms with Gasteiger partial charge in [-0.1, -0.05) is 20.3 Å². The van der Waals surface area contributed by atoms with Gasteiger partial charge >= 0.3 is 0 Å². The summed E-state index contributed by atoms with van der Waals surface area (Å²) in [6.45, 7) is 4.00. The van der Waals surface area contributed by atoms with Gasteiger partial charge in [-0.2, -0.15) is 11.8 Å². The Morgan fingerprint density at radius 2 is 2.00 bits per heavy atom. The van der Waals surface area contributed by atoms with Gasteiger partial charge in [0.1, 0.15) is 12.1 Å². The fourth-order valence-corrected chi connectivity index (χ4v) is 2.19. The quantitative estimate of drug-likeness (QED) is 0.751. The Bertz CT molecular complexity index is 271. The number of amides is 2. The van der Waals surface area contributed by atoms with E-state index in [9.17, 15) is 9.59 Å². The maximum absolute atomic E-state index is 11.8. The van der Waals surface area contributed by atoms with Crippen molar-refractivity contribution in [1.82, 2.24) is 10.6 Å². The third-order valence-electron chi connectivity index (χ3n) is 3.04. The molecular formula is C11H20N2O2S. The average Bonchev–Trinajstić information content (AvgIpc) is 2.28. The molecule has 1 rings (SSSR count). The van der Waals surface area contributed by atoms with E-state index in [0.29, 0.717) is 6.42 Å². The number of nitrogens with one attached hydrogen (secondary N) is 2. The molecule has 0 aromatic rings. The third kappa shape index (κ3) is 3.14. The summed E-state index contributed by atoms with van der Waals surface area (Å²) in [7, 11) is 0. The Kier molecular flexibility index (Phi) is 5.12. The number of carbonyl (C=O) groups is 2. The molecule has 2 amide bonds. The monoisotopic (exact) mass is 244 g/mol. The number of thioether (sulfide) groups is 1. The van der Waals surface area contributed by atoms with Gasteiger partial charge in [0.25, 0.3) is 0 Å². The van der Waals surface area contributed by atoms with Crippen LogP contribution in [-0.4, -0.2) is 35.9 Å². The van der Waals surface area contributed by atoms with Crippen LogP contribution in [0.4, 0.5) is 0 Å². The van der Waals surface area contributed by atoms with Crippen molar-refractivity contribution in [3.05, 3.63) is 0 Å². The van der Waals surface area contributed by atoms with Gasteiger partial charge in [-0.3, -0.25) is 9.59 Å². The SMILES string of the molecule is CC[C@H](C)[C@@H]1NC(=O)[C@H](CCSC)NC1=O. The molecule has 4 nitrogen and oxygen atoms in total. The molecule has 92 valence electrons. The molecule has 16 heavy (non-hydrogen) atoms. The van der Waals surface area contributed by atoms with Crippen molar-refractivity contribution in [3.63, 3.8) is 0 Å². The minimum absolute atomic E-state index is 0.0416. The van der Waals surface area contributed by atoms with Crippen molar-refractivity contribution in [1.29, 1.82) is 0 Å². The highest BCUT2D eigenvalue weighted by atomic mass is 32.2. The minimum atomic E-state index is -0.358. The van der Waals surface area contributed by atoms with Gasteiger partial charge in [-0.15, -0.1) is 0 Å². The summed E-state index contributed by atoms with van der Waals surface area (Å²) in [4.78, 5) is 23.5. The molecular weight excluding hydrogens is 224 g/mol. The maximum Gasteiger partial charge on any atom is 0.243 e. The predicted molar refractivity (Wildman–Crippen MR) is 66.3 cm³/mol. The number of hydrogen-bond acceptors (Lipinski definition) is 3. The fraction of sp³-hybridized carbons (Fsp3) is 0.818. The lowest BCUT2D eigenvalue weighted by Crippen LogP contribution is -2.63. The van der Waals surface area contributed by atoms with E-state index in [4.69, 9.17) is 0 Å².